The van der Waals surface area contributed by atoms with Crippen molar-refractivity contribution in [3.05, 3.63) is 52.7 Å². The van der Waals surface area contributed by atoms with E-state index in [0.717, 1.165) is 5.56 Å². The third kappa shape index (κ3) is 3.19. The summed E-state index contributed by atoms with van der Waals surface area (Å²) in [4.78, 5) is 9.78. The minimum Gasteiger partial charge on any atom is -0.391 e. The number of nitrogens with zero attached hydrogens (tertiary/aromatic N) is 3. The minimum atomic E-state index is -0.271. The lowest BCUT2D eigenvalue weighted by Crippen LogP contribution is -2.20. The van der Waals surface area contributed by atoms with Crippen LogP contribution in [0.2, 0.25) is 5.15 Å². The Kier molecular flexibility index (Phi) is 4.29. The normalized spacial score (nSPS) is 10.5. The van der Waals surface area contributed by atoms with Crippen LogP contribution in [0.15, 0.2) is 30.6 Å². The van der Waals surface area contributed by atoms with Crippen LogP contribution >= 0.6 is 11.6 Å². The zero-order valence-corrected chi connectivity index (χ0v) is 11.1. The average Bonchev–Trinajstić information content (AvgIpc) is 2.41. The van der Waals surface area contributed by atoms with Gasteiger partial charge in [-0.25, -0.2) is 14.4 Å². The maximum Gasteiger partial charge on any atom is 0.140 e. The lowest BCUT2D eigenvalue weighted by atomic mass is 10.2. The predicted octanol–water partition coefficient (Wildman–Crippen LogP) is 2.40. The Morgan fingerprint density at radius 1 is 1.26 bits per heavy atom. The minimum absolute atomic E-state index is 0.233. The van der Waals surface area contributed by atoms with Crippen molar-refractivity contribution in [2.24, 2.45) is 0 Å². The molecule has 2 rings (SSSR count). The van der Waals surface area contributed by atoms with Crippen LogP contribution in [0.25, 0.3) is 0 Å². The molecule has 19 heavy (non-hydrogen) atoms. The van der Waals surface area contributed by atoms with Crippen molar-refractivity contribution in [2.45, 2.75) is 13.2 Å². The highest BCUT2D eigenvalue weighted by atomic mass is 35.5. The average molecular weight is 282 g/mol. The van der Waals surface area contributed by atoms with Gasteiger partial charge in [0.1, 0.15) is 23.1 Å². The molecule has 0 aliphatic heterocycles. The van der Waals surface area contributed by atoms with Crippen LogP contribution in [0.1, 0.15) is 11.1 Å². The SMILES string of the molecule is CN(Cc1ccc(F)cc1)c1ncnc(Cl)c1CO. The van der Waals surface area contributed by atoms with Crippen molar-refractivity contribution in [3.63, 3.8) is 0 Å². The number of hydrogen-bond acceptors (Lipinski definition) is 4. The fourth-order valence-electron chi connectivity index (χ4n) is 1.79. The van der Waals surface area contributed by atoms with Gasteiger partial charge in [0.2, 0.25) is 0 Å². The smallest absolute Gasteiger partial charge is 0.140 e. The second-order valence-electron chi connectivity index (χ2n) is 4.11. The summed E-state index contributed by atoms with van der Waals surface area (Å²) in [5.74, 6) is 0.291. The van der Waals surface area contributed by atoms with Gasteiger partial charge in [-0.2, -0.15) is 0 Å². The molecule has 0 saturated carbocycles. The Labute approximate surface area is 115 Å². The molecule has 0 aliphatic rings. The lowest BCUT2D eigenvalue weighted by Gasteiger charge is -2.20. The molecule has 1 N–H and O–H groups in total. The summed E-state index contributed by atoms with van der Waals surface area (Å²) in [6.45, 7) is 0.295. The van der Waals surface area contributed by atoms with E-state index in [4.69, 9.17) is 11.6 Å². The molecule has 0 aliphatic carbocycles. The van der Waals surface area contributed by atoms with Gasteiger partial charge in [0.15, 0.2) is 0 Å². The third-order valence-electron chi connectivity index (χ3n) is 2.72. The standard InChI is InChI=1S/C13H13ClFN3O/c1-18(6-9-2-4-10(15)5-3-9)13-11(7-19)12(14)16-8-17-13/h2-5,8,19H,6-7H2,1H3. The molecule has 0 unspecified atom stereocenters. The predicted molar refractivity (Wildman–Crippen MR) is 71.5 cm³/mol. The van der Waals surface area contributed by atoms with E-state index < -0.39 is 0 Å². The number of aliphatic hydroxyl groups is 1. The maximum atomic E-state index is 12.8. The molecule has 0 fully saturated rings. The molecule has 0 spiro atoms. The van der Waals surface area contributed by atoms with Gasteiger partial charge in [-0.3, -0.25) is 0 Å². The topological polar surface area (TPSA) is 49.2 Å². The van der Waals surface area contributed by atoms with Gasteiger partial charge in [-0.1, -0.05) is 23.7 Å². The molecule has 0 atom stereocenters. The zero-order valence-electron chi connectivity index (χ0n) is 10.3. The van der Waals surface area contributed by atoms with Crippen LogP contribution in [0.5, 0.6) is 0 Å². The Morgan fingerprint density at radius 2 is 1.95 bits per heavy atom. The van der Waals surface area contributed by atoms with Gasteiger partial charge in [0.05, 0.1) is 12.2 Å². The molecular weight excluding hydrogens is 269 g/mol. The summed E-state index contributed by atoms with van der Waals surface area (Å²) in [5.41, 5.74) is 1.41. The molecular formula is C13H13ClFN3O. The van der Waals surface area contributed by atoms with Crippen LogP contribution in [0.4, 0.5) is 10.2 Å². The highest BCUT2D eigenvalue weighted by molar-refractivity contribution is 6.30. The number of rotatable bonds is 4. The van der Waals surface area contributed by atoms with Crippen LogP contribution in [0, 0.1) is 5.82 Å². The second-order valence-corrected chi connectivity index (χ2v) is 4.47. The summed E-state index contributed by atoms with van der Waals surface area (Å²) in [7, 11) is 1.82. The van der Waals surface area contributed by atoms with Gasteiger partial charge >= 0.3 is 0 Å². The zero-order chi connectivity index (χ0) is 13.8. The number of aliphatic hydroxyl groups excluding tert-OH is 1. The molecule has 0 saturated heterocycles. The number of hydrogen-bond donors (Lipinski definition) is 1. The fourth-order valence-corrected chi connectivity index (χ4v) is 1.97. The molecule has 0 bridgehead atoms. The van der Waals surface area contributed by atoms with Crippen LogP contribution < -0.4 is 4.90 Å². The summed E-state index contributed by atoms with van der Waals surface area (Å²) in [5, 5.41) is 9.54. The molecule has 1 aromatic heterocycles. The van der Waals surface area contributed by atoms with Gasteiger partial charge in [0, 0.05) is 13.6 Å². The van der Waals surface area contributed by atoms with Crippen molar-refractivity contribution in [2.75, 3.05) is 11.9 Å². The number of halogens is 2. The van der Waals surface area contributed by atoms with Crippen molar-refractivity contribution < 1.29 is 9.50 Å². The fraction of sp³-hybridized carbons (Fsp3) is 0.231. The quantitative estimate of drug-likeness (QED) is 0.875. The lowest BCUT2D eigenvalue weighted by molar-refractivity contribution is 0.281. The summed E-state index contributed by atoms with van der Waals surface area (Å²) in [6, 6.07) is 6.21. The Balaban J connectivity index is 2.22. The Hall–Kier alpha value is -1.72. The Morgan fingerprint density at radius 3 is 2.58 bits per heavy atom. The van der Waals surface area contributed by atoms with Crippen molar-refractivity contribution in [1.82, 2.24) is 9.97 Å². The van der Waals surface area contributed by atoms with E-state index in [-0.39, 0.29) is 17.6 Å². The number of benzene rings is 1. The molecule has 1 aromatic carbocycles. The van der Waals surface area contributed by atoms with Gasteiger partial charge in [-0.05, 0) is 17.7 Å². The molecule has 0 amide bonds. The highest BCUT2D eigenvalue weighted by Gasteiger charge is 2.13. The van der Waals surface area contributed by atoms with Crippen LogP contribution in [-0.2, 0) is 13.2 Å². The maximum absolute atomic E-state index is 12.8. The summed E-state index contributed by atoms with van der Waals surface area (Å²) in [6.07, 6.45) is 1.35. The first kappa shape index (κ1) is 13.7. The third-order valence-corrected chi connectivity index (χ3v) is 3.05. The molecule has 2 aromatic rings. The number of aromatic nitrogens is 2. The van der Waals surface area contributed by atoms with Gasteiger partial charge < -0.3 is 10.0 Å². The van der Waals surface area contributed by atoms with E-state index in [1.165, 1.54) is 18.5 Å². The van der Waals surface area contributed by atoms with E-state index in [0.29, 0.717) is 17.9 Å². The van der Waals surface area contributed by atoms with E-state index in [1.807, 2.05) is 11.9 Å². The first-order valence-electron chi connectivity index (χ1n) is 5.67. The van der Waals surface area contributed by atoms with Crippen molar-refractivity contribution in [3.8, 4) is 0 Å². The van der Waals surface area contributed by atoms with Gasteiger partial charge in [0.25, 0.3) is 0 Å². The van der Waals surface area contributed by atoms with E-state index in [9.17, 15) is 9.50 Å². The largest absolute Gasteiger partial charge is 0.391 e. The Bertz CT molecular complexity index is 562. The summed E-state index contributed by atoms with van der Waals surface area (Å²) < 4.78 is 12.8. The van der Waals surface area contributed by atoms with Crippen molar-refractivity contribution in [1.29, 1.82) is 0 Å². The monoisotopic (exact) mass is 281 g/mol. The van der Waals surface area contributed by atoms with Crippen molar-refractivity contribution >= 4 is 17.4 Å². The molecule has 1 heterocycles. The van der Waals surface area contributed by atoms with Crippen LogP contribution in [0.3, 0.4) is 0 Å². The first-order valence-corrected chi connectivity index (χ1v) is 6.05. The van der Waals surface area contributed by atoms with Gasteiger partial charge in [-0.15, -0.1) is 0 Å². The van der Waals surface area contributed by atoms with Crippen LogP contribution in [-0.4, -0.2) is 22.1 Å². The highest BCUT2D eigenvalue weighted by Crippen LogP contribution is 2.23. The number of anilines is 1. The van der Waals surface area contributed by atoms with E-state index >= 15 is 0 Å². The second kappa shape index (κ2) is 5.95. The first-order chi connectivity index (χ1) is 9.11. The van der Waals surface area contributed by atoms with E-state index in [2.05, 4.69) is 9.97 Å². The molecule has 6 heteroatoms. The molecule has 4 nitrogen and oxygen atoms in total. The molecule has 0 radical (unpaired) electrons. The molecule has 100 valence electrons. The summed E-state index contributed by atoms with van der Waals surface area (Å²) >= 11 is 5.91. The van der Waals surface area contributed by atoms with E-state index in [1.54, 1.807) is 12.1 Å².